The molecule has 0 saturated heterocycles. The van der Waals surface area contributed by atoms with Crippen molar-refractivity contribution in [3.63, 3.8) is 0 Å². The van der Waals surface area contributed by atoms with E-state index in [0.29, 0.717) is 17.1 Å². The van der Waals surface area contributed by atoms with E-state index in [0.717, 1.165) is 19.3 Å². The van der Waals surface area contributed by atoms with Crippen molar-refractivity contribution in [2.75, 3.05) is 18.9 Å². The molecule has 0 aromatic heterocycles. The Balaban J connectivity index is 2.39. The fourth-order valence-corrected chi connectivity index (χ4v) is 4.08. The van der Waals surface area contributed by atoms with E-state index in [-0.39, 0.29) is 6.04 Å². The highest BCUT2D eigenvalue weighted by atomic mass is 32.2. The molecule has 1 aromatic rings. The maximum absolute atomic E-state index is 12.7. The molecule has 0 unspecified atom stereocenters. The Morgan fingerprint density at radius 3 is 2.56 bits per heavy atom. The van der Waals surface area contributed by atoms with Gasteiger partial charge in [0.25, 0.3) is 0 Å². The molecule has 100 valence electrons. The van der Waals surface area contributed by atoms with Crippen LogP contribution in [0.15, 0.2) is 29.2 Å². The topological polar surface area (TPSA) is 49.4 Å². The average molecular weight is 268 g/mol. The third-order valence-electron chi connectivity index (χ3n) is 3.14. The Labute approximate surface area is 109 Å². The van der Waals surface area contributed by atoms with Crippen LogP contribution in [-0.2, 0) is 10.0 Å². The molecule has 2 rings (SSSR count). The van der Waals surface area contributed by atoms with Crippen LogP contribution in [0.25, 0.3) is 0 Å². The molecule has 0 heterocycles. The van der Waals surface area contributed by atoms with E-state index < -0.39 is 10.0 Å². The predicted octanol–water partition coefficient (Wildman–Crippen LogP) is 2.29. The van der Waals surface area contributed by atoms with Crippen molar-refractivity contribution in [2.45, 2.75) is 37.1 Å². The second-order valence-electron chi connectivity index (χ2n) is 4.59. The molecule has 0 aliphatic heterocycles. The highest BCUT2D eigenvalue weighted by Gasteiger charge is 2.38. The van der Waals surface area contributed by atoms with Crippen LogP contribution in [0.5, 0.6) is 0 Å². The molecule has 1 aliphatic carbocycles. The summed E-state index contributed by atoms with van der Waals surface area (Å²) in [4.78, 5) is 0.382. The number of para-hydroxylation sites is 1. The number of hydrogen-bond donors (Lipinski definition) is 1. The molecule has 18 heavy (non-hydrogen) atoms. The van der Waals surface area contributed by atoms with Gasteiger partial charge in [0.05, 0.1) is 5.69 Å². The molecular formula is C13H20N2O2S. The van der Waals surface area contributed by atoms with Gasteiger partial charge in [-0.1, -0.05) is 19.1 Å². The summed E-state index contributed by atoms with van der Waals surface area (Å²) in [5, 5.41) is 2.95. The van der Waals surface area contributed by atoms with Crippen LogP contribution in [0.2, 0.25) is 0 Å². The van der Waals surface area contributed by atoms with Gasteiger partial charge in [-0.25, -0.2) is 8.42 Å². The summed E-state index contributed by atoms with van der Waals surface area (Å²) >= 11 is 0. The van der Waals surface area contributed by atoms with Gasteiger partial charge in [-0.2, -0.15) is 4.31 Å². The molecule has 5 heteroatoms. The zero-order valence-corrected chi connectivity index (χ0v) is 11.7. The Bertz CT molecular complexity index is 509. The smallest absolute Gasteiger partial charge is 0.245 e. The molecule has 1 aliphatic rings. The largest absolute Gasteiger partial charge is 0.387 e. The summed E-state index contributed by atoms with van der Waals surface area (Å²) in [6.45, 7) is 2.61. The molecule has 0 radical (unpaired) electrons. The van der Waals surface area contributed by atoms with Gasteiger partial charge in [0.15, 0.2) is 0 Å². The third-order valence-corrected chi connectivity index (χ3v) is 5.15. The summed E-state index contributed by atoms with van der Waals surface area (Å²) in [7, 11) is -1.63. The number of hydrogen-bond acceptors (Lipinski definition) is 3. The van der Waals surface area contributed by atoms with Crippen LogP contribution >= 0.6 is 0 Å². The van der Waals surface area contributed by atoms with Crippen LogP contribution < -0.4 is 5.32 Å². The minimum Gasteiger partial charge on any atom is -0.387 e. The predicted molar refractivity (Wildman–Crippen MR) is 73.2 cm³/mol. The Hall–Kier alpha value is -1.07. The van der Waals surface area contributed by atoms with Gasteiger partial charge in [0, 0.05) is 19.6 Å². The first-order valence-electron chi connectivity index (χ1n) is 6.40. The third kappa shape index (κ3) is 2.52. The van der Waals surface area contributed by atoms with Crippen molar-refractivity contribution in [3.05, 3.63) is 24.3 Å². The van der Waals surface area contributed by atoms with Crippen molar-refractivity contribution in [1.82, 2.24) is 4.31 Å². The maximum Gasteiger partial charge on any atom is 0.245 e. The van der Waals surface area contributed by atoms with E-state index in [2.05, 4.69) is 5.32 Å². The lowest BCUT2D eigenvalue weighted by Gasteiger charge is -2.22. The zero-order valence-electron chi connectivity index (χ0n) is 10.9. The first kappa shape index (κ1) is 13.4. The summed E-state index contributed by atoms with van der Waals surface area (Å²) in [6, 6.07) is 7.28. The molecule has 4 nitrogen and oxygen atoms in total. The highest BCUT2D eigenvalue weighted by Crippen LogP contribution is 2.34. The fraction of sp³-hybridized carbons (Fsp3) is 0.538. The maximum atomic E-state index is 12.7. The van der Waals surface area contributed by atoms with Crippen LogP contribution in [0.4, 0.5) is 5.69 Å². The fourth-order valence-electron chi connectivity index (χ4n) is 2.11. The summed E-state index contributed by atoms with van der Waals surface area (Å²) in [5.41, 5.74) is 0.666. The van der Waals surface area contributed by atoms with Crippen LogP contribution in [-0.4, -0.2) is 32.4 Å². The highest BCUT2D eigenvalue weighted by molar-refractivity contribution is 7.89. The number of anilines is 1. The number of benzene rings is 1. The van der Waals surface area contributed by atoms with E-state index in [9.17, 15) is 8.42 Å². The zero-order chi connectivity index (χ0) is 13.2. The Kier molecular flexibility index (Phi) is 3.92. The van der Waals surface area contributed by atoms with Gasteiger partial charge >= 0.3 is 0 Å². The minimum atomic E-state index is -3.37. The van der Waals surface area contributed by atoms with Crippen molar-refractivity contribution in [1.29, 1.82) is 0 Å². The standard InChI is InChI=1S/C13H20N2O2S/c1-3-10-15(11-8-9-11)18(16,17)13-7-5-4-6-12(13)14-2/h4-7,11,14H,3,8-10H2,1-2H3. The van der Waals surface area contributed by atoms with E-state index in [1.54, 1.807) is 29.6 Å². The van der Waals surface area contributed by atoms with Crippen molar-refractivity contribution in [3.8, 4) is 0 Å². The van der Waals surface area contributed by atoms with Crippen LogP contribution in [0, 0.1) is 0 Å². The van der Waals surface area contributed by atoms with Gasteiger partial charge < -0.3 is 5.32 Å². The van der Waals surface area contributed by atoms with E-state index in [1.807, 2.05) is 13.0 Å². The molecular weight excluding hydrogens is 248 g/mol. The van der Waals surface area contributed by atoms with Crippen LogP contribution in [0.1, 0.15) is 26.2 Å². The molecule has 0 spiro atoms. The number of nitrogens with one attached hydrogen (secondary N) is 1. The second kappa shape index (κ2) is 5.28. The minimum absolute atomic E-state index is 0.208. The lowest BCUT2D eigenvalue weighted by molar-refractivity contribution is 0.403. The van der Waals surface area contributed by atoms with Crippen molar-refractivity contribution in [2.24, 2.45) is 0 Å². The lowest BCUT2D eigenvalue weighted by Crippen LogP contribution is -2.34. The Morgan fingerprint density at radius 2 is 2.00 bits per heavy atom. The molecule has 1 aromatic carbocycles. The molecule has 0 atom stereocenters. The van der Waals surface area contributed by atoms with E-state index in [4.69, 9.17) is 0 Å². The molecule has 1 fully saturated rings. The molecule has 1 saturated carbocycles. The summed E-state index contributed by atoms with van der Waals surface area (Å²) < 4.78 is 27.0. The number of rotatable bonds is 6. The normalized spacial score (nSPS) is 15.9. The Morgan fingerprint density at radius 1 is 1.33 bits per heavy atom. The van der Waals surface area contributed by atoms with Gasteiger partial charge in [-0.05, 0) is 31.4 Å². The summed E-state index contributed by atoms with van der Waals surface area (Å²) in [5.74, 6) is 0. The van der Waals surface area contributed by atoms with Gasteiger partial charge in [0.2, 0.25) is 10.0 Å². The SMILES string of the molecule is CCCN(C1CC1)S(=O)(=O)c1ccccc1NC. The van der Waals surface area contributed by atoms with Crippen molar-refractivity contribution < 1.29 is 8.42 Å². The molecule has 0 bridgehead atoms. The number of nitrogens with zero attached hydrogens (tertiary/aromatic N) is 1. The molecule has 0 amide bonds. The summed E-state index contributed by atoms with van der Waals surface area (Å²) in [6.07, 6.45) is 2.82. The van der Waals surface area contributed by atoms with Crippen LogP contribution in [0.3, 0.4) is 0 Å². The van der Waals surface area contributed by atoms with E-state index in [1.165, 1.54) is 0 Å². The number of sulfonamides is 1. The van der Waals surface area contributed by atoms with Gasteiger partial charge in [0.1, 0.15) is 4.90 Å². The van der Waals surface area contributed by atoms with Gasteiger partial charge in [-0.15, -0.1) is 0 Å². The lowest BCUT2D eigenvalue weighted by atomic mass is 10.3. The van der Waals surface area contributed by atoms with Crippen molar-refractivity contribution >= 4 is 15.7 Å². The monoisotopic (exact) mass is 268 g/mol. The molecule has 1 N–H and O–H groups in total. The van der Waals surface area contributed by atoms with E-state index >= 15 is 0 Å². The van der Waals surface area contributed by atoms with Gasteiger partial charge in [-0.3, -0.25) is 0 Å². The average Bonchev–Trinajstić information content (AvgIpc) is 3.19. The first-order valence-corrected chi connectivity index (χ1v) is 7.84. The quantitative estimate of drug-likeness (QED) is 0.861. The second-order valence-corrected chi connectivity index (χ2v) is 6.45. The first-order chi connectivity index (χ1) is 8.61.